The second kappa shape index (κ2) is 3.72. The molecule has 1 aromatic heterocycles. The number of hydrogen-bond acceptors (Lipinski definition) is 3. The quantitative estimate of drug-likeness (QED) is 0.609. The molecule has 2 aromatic rings. The van der Waals surface area contributed by atoms with E-state index in [0.717, 1.165) is 21.9 Å². The van der Waals surface area contributed by atoms with Crippen LogP contribution >= 0.6 is 27.7 Å². The number of aromatic nitrogens is 1. The van der Waals surface area contributed by atoms with E-state index in [9.17, 15) is 0 Å². The van der Waals surface area contributed by atoms with Crippen LogP contribution in [0, 0.1) is 0 Å². The topological polar surface area (TPSA) is 26.0 Å². The normalized spacial score (nSPS) is 10.9. The van der Waals surface area contributed by atoms with Gasteiger partial charge in [-0.15, -0.1) is 11.8 Å². The lowest BCUT2D eigenvalue weighted by Crippen LogP contribution is -1.75. The highest BCUT2D eigenvalue weighted by Gasteiger charge is 2.07. The summed E-state index contributed by atoms with van der Waals surface area (Å²) in [7, 11) is 0. The number of nitrogens with zero attached hydrogens (tertiary/aromatic N) is 1. The van der Waals surface area contributed by atoms with Crippen LogP contribution in [0.2, 0.25) is 0 Å². The molecular formula is C9H8BrNOS. The van der Waals surface area contributed by atoms with E-state index in [2.05, 4.69) is 20.9 Å². The molecule has 0 saturated heterocycles. The summed E-state index contributed by atoms with van der Waals surface area (Å²) in [4.78, 5) is 5.53. The maximum atomic E-state index is 5.49. The predicted molar refractivity (Wildman–Crippen MR) is 58.4 cm³/mol. The van der Waals surface area contributed by atoms with Crippen molar-refractivity contribution < 1.29 is 4.42 Å². The molecule has 0 aliphatic rings. The molecule has 0 amide bonds. The highest BCUT2D eigenvalue weighted by atomic mass is 79.9. The van der Waals surface area contributed by atoms with E-state index in [-0.39, 0.29) is 0 Å². The molecule has 2 nitrogen and oxygen atoms in total. The Bertz CT molecular complexity index is 426. The summed E-state index contributed by atoms with van der Waals surface area (Å²) >= 11 is 5.00. The summed E-state index contributed by atoms with van der Waals surface area (Å²) in [6.45, 7) is 0. The average molecular weight is 258 g/mol. The van der Waals surface area contributed by atoms with Crippen molar-refractivity contribution >= 4 is 38.8 Å². The van der Waals surface area contributed by atoms with Gasteiger partial charge in [0.15, 0.2) is 5.58 Å². The number of hydrogen-bond donors (Lipinski definition) is 0. The number of oxazole rings is 1. The molecule has 0 aliphatic heterocycles. The van der Waals surface area contributed by atoms with Gasteiger partial charge in [0.2, 0.25) is 5.89 Å². The van der Waals surface area contributed by atoms with Crippen molar-refractivity contribution in [1.29, 1.82) is 0 Å². The van der Waals surface area contributed by atoms with Gasteiger partial charge in [0, 0.05) is 4.90 Å². The van der Waals surface area contributed by atoms with Gasteiger partial charge in [-0.3, -0.25) is 0 Å². The van der Waals surface area contributed by atoms with Gasteiger partial charge >= 0.3 is 0 Å². The smallest absolute Gasteiger partial charge is 0.206 e. The van der Waals surface area contributed by atoms with E-state index >= 15 is 0 Å². The van der Waals surface area contributed by atoms with Gasteiger partial charge in [0.25, 0.3) is 0 Å². The number of alkyl halides is 1. The van der Waals surface area contributed by atoms with Crippen LogP contribution in [0.1, 0.15) is 5.89 Å². The van der Waals surface area contributed by atoms with Crippen LogP contribution in [0.15, 0.2) is 27.5 Å². The van der Waals surface area contributed by atoms with Gasteiger partial charge in [0.05, 0.1) is 5.33 Å². The standard InChI is InChI=1S/C9H8BrNOS/c1-13-7-4-2-3-6-9(7)11-8(5-10)12-6/h2-4H,5H2,1H3. The van der Waals surface area contributed by atoms with Crippen LogP contribution in [0.3, 0.4) is 0 Å². The van der Waals surface area contributed by atoms with Crippen LogP contribution in [-0.4, -0.2) is 11.2 Å². The number of halogens is 1. The van der Waals surface area contributed by atoms with Crippen molar-refractivity contribution in [3.63, 3.8) is 0 Å². The number of para-hydroxylation sites is 1. The molecular weight excluding hydrogens is 250 g/mol. The SMILES string of the molecule is CSc1cccc2oc(CBr)nc12. The van der Waals surface area contributed by atoms with Gasteiger partial charge < -0.3 is 4.42 Å². The van der Waals surface area contributed by atoms with Gasteiger partial charge in [-0.25, -0.2) is 4.98 Å². The minimum absolute atomic E-state index is 0.662. The van der Waals surface area contributed by atoms with Gasteiger partial charge in [0.1, 0.15) is 5.52 Å². The number of thioether (sulfide) groups is 1. The number of rotatable bonds is 2. The number of benzene rings is 1. The minimum Gasteiger partial charge on any atom is -0.440 e. The fourth-order valence-electron chi connectivity index (χ4n) is 1.19. The van der Waals surface area contributed by atoms with Crippen molar-refractivity contribution in [1.82, 2.24) is 4.98 Å². The Hall–Kier alpha value is -0.480. The molecule has 4 heteroatoms. The maximum absolute atomic E-state index is 5.49. The molecule has 0 radical (unpaired) electrons. The first-order valence-electron chi connectivity index (χ1n) is 3.83. The lowest BCUT2D eigenvalue weighted by atomic mass is 10.3. The second-order valence-corrected chi connectivity index (χ2v) is 3.96. The van der Waals surface area contributed by atoms with E-state index in [1.807, 2.05) is 24.5 Å². The Labute approximate surface area is 88.8 Å². The van der Waals surface area contributed by atoms with Crippen LogP contribution < -0.4 is 0 Å². The predicted octanol–water partition coefficient (Wildman–Crippen LogP) is 3.44. The van der Waals surface area contributed by atoms with Gasteiger partial charge in [-0.05, 0) is 18.4 Å². The Morgan fingerprint density at radius 3 is 3.08 bits per heavy atom. The molecule has 2 rings (SSSR count). The van der Waals surface area contributed by atoms with Crippen molar-refractivity contribution in [2.45, 2.75) is 10.2 Å². The molecule has 0 atom stereocenters. The largest absolute Gasteiger partial charge is 0.440 e. The molecule has 0 saturated carbocycles. The summed E-state index contributed by atoms with van der Waals surface area (Å²) in [6.07, 6.45) is 2.04. The molecule has 1 aromatic carbocycles. The number of fused-ring (bicyclic) bond motifs is 1. The summed E-state index contributed by atoms with van der Waals surface area (Å²) in [6, 6.07) is 5.97. The Morgan fingerprint density at radius 1 is 1.54 bits per heavy atom. The van der Waals surface area contributed by atoms with E-state index in [4.69, 9.17) is 4.42 Å². The molecule has 0 N–H and O–H groups in total. The van der Waals surface area contributed by atoms with E-state index in [1.54, 1.807) is 11.8 Å². The van der Waals surface area contributed by atoms with Gasteiger partial charge in [-0.1, -0.05) is 22.0 Å². The molecule has 0 aliphatic carbocycles. The minimum atomic E-state index is 0.662. The highest BCUT2D eigenvalue weighted by molar-refractivity contribution is 9.08. The summed E-state index contributed by atoms with van der Waals surface area (Å²) in [5.74, 6) is 0.733. The second-order valence-electron chi connectivity index (χ2n) is 2.55. The van der Waals surface area contributed by atoms with Crippen molar-refractivity contribution in [3.8, 4) is 0 Å². The summed E-state index contributed by atoms with van der Waals surface area (Å²) in [5, 5.41) is 0.662. The lowest BCUT2D eigenvalue weighted by Gasteiger charge is -1.93. The van der Waals surface area contributed by atoms with E-state index in [0.29, 0.717) is 5.33 Å². The third kappa shape index (κ3) is 1.60. The zero-order valence-electron chi connectivity index (χ0n) is 7.08. The molecule has 0 bridgehead atoms. The van der Waals surface area contributed by atoms with Crippen LogP contribution in [0.4, 0.5) is 0 Å². The van der Waals surface area contributed by atoms with Crippen LogP contribution in [0.25, 0.3) is 11.1 Å². The molecule has 68 valence electrons. The third-order valence-corrected chi connectivity index (χ3v) is 3.01. The summed E-state index contributed by atoms with van der Waals surface area (Å²) < 4.78 is 5.49. The Morgan fingerprint density at radius 2 is 2.38 bits per heavy atom. The zero-order valence-corrected chi connectivity index (χ0v) is 9.48. The van der Waals surface area contributed by atoms with Crippen molar-refractivity contribution in [2.75, 3.05) is 6.26 Å². The Kier molecular flexibility index (Phi) is 2.60. The van der Waals surface area contributed by atoms with Gasteiger partial charge in [-0.2, -0.15) is 0 Å². The summed E-state index contributed by atoms with van der Waals surface area (Å²) in [5.41, 5.74) is 1.82. The fraction of sp³-hybridized carbons (Fsp3) is 0.222. The fourth-order valence-corrected chi connectivity index (χ4v) is 1.99. The molecule has 0 unspecified atom stereocenters. The molecule has 0 fully saturated rings. The van der Waals surface area contributed by atoms with Crippen molar-refractivity contribution in [3.05, 3.63) is 24.1 Å². The van der Waals surface area contributed by atoms with Crippen LogP contribution in [0.5, 0.6) is 0 Å². The van der Waals surface area contributed by atoms with Crippen LogP contribution in [-0.2, 0) is 5.33 Å². The first kappa shape index (κ1) is 9.09. The first-order chi connectivity index (χ1) is 6.35. The Balaban J connectivity index is 2.67. The molecule has 1 heterocycles. The monoisotopic (exact) mass is 257 g/mol. The van der Waals surface area contributed by atoms with E-state index in [1.165, 1.54) is 0 Å². The first-order valence-corrected chi connectivity index (χ1v) is 6.18. The maximum Gasteiger partial charge on any atom is 0.206 e. The highest BCUT2D eigenvalue weighted by Crippen LogP contribution is 2.26. The zero-order chi connectivity index (χ0) is 9.26. The lowest BCUT2D eigenvalue weighted by molar-refractivity contribution is 0.557. The van der Waals surface area contributed by atoms with Crippen molar-refractivity contribution in [2.24, 2.45) is 0 Å². The third-order valence-electron chi connectivity index (χ3n) is 1.76. The molecule has 0 spiro atoms. The van der Waals surface area contributed by atoms with E-state index < -0.39 is 0 Å². The average Bonchev–Trinajstić information content (AvgIpc) is 2.59. The molecule has 13 heavy (non-hydrogen) atoms.